The minimum atomic E-state index is -0.390. The first-order valence-corrected chi connectivity index (χ1v) is 7.46. The lowest BCUT2D eigenvalue weighted by atomic mass is 10.1. The van der Waals surface area contributed by atoms with E-state index < -0.39 is 0 Å². The number of benzene rings is 2. The van der Waals surface area contributed by atoms with E-state index in [-0.39, 0.29) is 17.4 Å². The average Bonchev–Trinajstić information content (AvgIpc) is 2.83. The molecule has 1 nitrogen and oxygen atoms in total. The van der Waals surface area contributed by atoms with Crippen LogP contribution < -0.4 is 4.74 Å². The van der Waals surface area contributed by atoms with Crippen LogP contribution in [0.1, 0.15) is 19.8 Å². The van der Waals surface area contributed by atoms with E-state index in [0.717, 1.165) is 35.0 Å². The molecule has 104 valence electrons. The van der Waals surface area contributed by atoms with Gasteiger partial charge in [0.15, 0.2) is 11.6 Å². The number of ether oxygens (including phenoxy) is 1. The molecular formula is C16H14F2OS. The van der Waals surface area contributed by atoms with E-state index >= 15 is 0 Å². The van der Waals surface area contributed by atoms with Crippen LogP contribution in [0.25, 0.3) is 20.2 Å². The van der Waals surface area contributed by atoms with Crippen LogP contribution in [0.4, 0.5) is 8.78 Å². The maximum atomic E-state index is 14.4. The Kier molecular flexibility index (Phi) is 3.57. The first-order valence-electron chi connectivity index (χ1n) is 6.64. The molecule has 0 bridgehead atoms. The van der Waals surface area contributed by atoms with Crippen LogP contribution in [-0.2, 0) is 0 Å². The zero-order valence-electron chi connectivity index (χ0n) is 11.1. The van der Waals surface area contributed by atoms with Gasteiger partial charge in [0.1, 0.15) is 5.82 Å². The second-order valence-electron chi connectivity index (χ2n) is 4.67. The molecule has 0 aliphatic heterocycles. The zero-order chi connectivity index (χ0) is 14.1. The summed E-state index contributed by atoms with van der Waals surface area (Å²) in [6, 6.07) is 8.29. The van der Waals surface area contributed by atoms with Crippen molar-refractivity contribution in [2.24, 2.45) is 0 Å². The van der Waals surface area contributed by atoms with Crippen molar-refractivity contribution in [3.05, 3.63) is 42.0 Å². The smallest absolute Gasteiger partial charge is 0.182 e. The molecule has 2 aromatic carbocycles. The first kappa shape index (κ1) is 13.3. The van der Waals surface area contributed by atoms with Gasteiger partial charge < -0.3 is 4.74 Å². The van der Waals surface area contributed by atoms with Crippen molar-refractivity contribution in [1.29, 1.82) is 0 Å². The van der Waals surface area contributed by atoms with Crippen molar-refractivity contribution in [2.45, 2.75) is 19.8 Å². The van der Waals surface area contributed by atoms with Crippen molar-refractivity contribution in [3.8, 4) is 5.75 Å². The van der Waals surface area contributed by atoms with E-state index in [4.69, 9.17) is 4.74 Å². The van der Waals surface area contributed by atoms with Gasteiger partial charge in [0, 0.05) is 10.8 Å². The van der Waals surface area contributed by atoms with Gasteiger partial charge in [-0.25, -0.2) is 8.78 Å². The SMILES string of the molecule is CCCCOc1ccc2c(sc3c(F)cccc32)c1F. The molecule has 0 amide bonds. The van der Waals surface area contributed by atoms with Gasteiger partial charge in [-0.15, -0.1) is 11.3 Å². The monoisotopic (exact) mass is 292 g/mol. The lowest BCUT2D eigenvalue weighted by Gasteiger charge is -2.06. The normalized spacial score (nSPS) is 11.3. The summed E-state index contributed by atoms with van der Waals surface area (Å²) < 4.78 is 34.6. The molecule has 0 spiro atoms. The van der Waals surface area contributed by atoms with Crippen molar-refractivity contribution >= 4 is 31.5 Å². The Morgan fingerprint density at radius 2 is 1.85 bits per heavy atom. The second kappa shape index (κ2) is 5.37. The zero-order valence-corrected chi connectivity index (χ0v) is 11.9. The minimum absolute atomic E-state index is 0.248. The molecule has 0 atom stereocenters. The molecule has 0 N–H and O–H groups in total. The third-order valence-electron chi connectivity index (χ3n) is 3.28. The van der Waals surface area contributed by atoms with E-state index in [1.807, 2.05) is 6.07 Å². The van der Waals surface area contributed by atoms with Crippen LogP contribution in [0.15, 0.2) is 30.3 Å². The van der Waals surface area contributed by atoms with Crippen LogP contribution in [0.3, 0.4) is 0 Å². The molecule has 0 aliphatic rings. The van der Waals surface area contributed by atoms with Gasteiger partial charge in [-0.3, -0.25) is 0 Å². The lowest BCUT2D eigenvalue weighted by molar-refractivity contribution is 0.295. The fourth-order valence-corrected chi connectivity index (χ4v) is 3.35. The average molecular weight is 292 g/mol. The number of unbranched alkanes of at least 4 members (excludes halogenated alkanes) is 1. The molecule has 1 heterocycles. The molecule has 3 aromatic rings. The van der Waals surface area contributed by atoms with Gasteiger partial charge in [0.05, 0.1) is 16.0 Å². The molecule has 3 rings (SSSR count). The quantitative estimate of drug-likeness (QED) is 0.576. The number of halogens is 2. The molecule has 1 aromatic heterocycles. The Morgan fingerprint density at radius 1 is 1.05 bits per heavy atom. The highest BCUT2D eigenvalue weighted by molar-refractivity contribution is 7.25. The van der Waals surface area contributed by atoms with Gasteiger partial charge in [-0.05, 0) is 24.6 Å². The summed E-state index contributed by atoms with van der Waals surface area (Å²) in [7, 11) is 0. The minimum Gasteiger partial charge on any atom is -0.490 e. The van der Waals surface area contributed by atoms with Crippen LogP contribution in [0.5, 0.6) is 5.75 Å². The summed E-state index contributed by atoms with van der Waals surface area (Å²) in [4.78, 5) is 0. The summed E-state index contributed by atoms with van der Waals surface area (Å²) in [6.07, 6.45) is 1.89. The third-order valence-corrected chi connectivity index (χ3v) is 4.50. The Balaban J connectivity index is 2.13. The summed E-state index contributed by atoms with van der Waals surface area (Å²) in [5.41, 5.74) is 0. The first-order chi connectivity index (χ1) is 9.72. The van der Waals surface area contributed by atoms with Crippen molar-refractivity contribution < 1.29 is 13.5 Å². The maximum Gasteiger partial charge on any atom is 0.182 e. The summed E-state index contributed by atoms with van der Waals surface area (Å²) in [5.74, 6) is -0.450. The van der Waals surface area contributed by atoms with Gasteiger partial charge in [0.25, 0.3) is 0 Å². The van der Waals surface area contributed by atoms with E-state index in [0.29, 0.717) is 16.0 Å². The molecular weight excluding hydrogens is 278 g/mol. The topological polar surface area (TPSA) is 9.23 Å². The number of fused-ring (bicyclic) bond motifs is 3. The molecule has 0 radical (unpaired) electrons. The van der Waals surface area contributed by atoms with E-state index in [1.165, 1.54) is 6.07 Å². The Hall–Kier alpha value is -1.68. The molecule has 0 saturated heterocycles. The number of thiophene rings is 1. The highest BCUT2D eigenvalue weighted by Crippen LogP contribution is 2.39. The van der Waals surface area contributed by atoms with E-state index in [9.17, 15) is 8.78 Å². The van der Waals surface area contributed by atoms with Gasteiger partial charge in [-0.1, -0.05) is 25.5 Å². The Labute approximate surface area is 119 Å². The predicted octanol–water partition coefficient (Wildman–Crippen LogP) is 5.51. The molecule has 0 fully saturated rings. The summed E-state index contributed by atoms with van der Waals surface area (Å²) >= 11 is 1.14. The van der Waals surface area contributed by atoms with Crippen molar-refractivity contribution in [2.75, 3.05) is 6.61 Å². The predicted molar refractivity (Wildman–Crippen MR) is 79.7 cm³/mol. The maximum absolute atomic E-state index is 14.4. The van der Waals surface area contributed by atoms with Crippen LogP contribution in [-0.4, -0.2) is 6.61 Å². The molecule has 0 aliphatic carbocycles. The van der Waals surface area contributed by atoms with Crippen LogP contribution in [0.2, 0.25) is 0 Å². The Bertz CT molecular complexity index is 764. The van der Waals surface area contributed by atoms with Gasteiger partial charge in [0.2, 0.25) is 0 Å². The van der Waals surface area contributed by atoms with Crippen LogP contribution >= 0.6 is 11.3 Å². The molecule has 0 unspecified atom stereocenters. The Morgan fingerprint density at radius 3 is 2.65 bits per heavy atom. The molecule has 20 heavy (non-hydrogen) atoms. The second-order valence-corrected chi connectivity index (χ2v) is 5.70. The number of rotatable bonds is 4. The molecule has 4 heteroatoms. The van der Waals surface area contributed by atoms with Gasteiger partial charge in [-0.2, -0.15) is 0 Å². The number of hydrogen-bond donors (Lipinski definition) is 0. The summed E-state index contributed by atoms with van der Waals surface area (Å²) in [6.45, 7) is 2.55. The highest BCUT2D eigenvalue weighted by atomic mass is 32.1. The highest BCUT2D eigenvalue weighted by Gasteiger charge is 2.15. The fourth-order valence-electron chi connectivity index (χ4n) is 2.21. The summed E-state index contributed by atoms with van der Waals surface area (Å²) in [5, 5.41) is 1.49. The fraction of sp³-hybridized carbons (Fsp3) is 0.250. The van der Waals surface area contributed by atoms with E-state index in [2.05, 4.69) is 6.92 Å². The van der Waals surface area contributed by atoms with Crippen molar-refractivity contribution in [1.82, 2.24) is 0 Å². The molecule has 0 saturated carbocycles. The van der Waals surface area contributed by atoms with E-state index in [1.54, 1.807) is 18.2 Å². The van der Waals surface area contributed by atoms with Gasteiger partial charge >= 0.3 is 0 Å². The third kappa shape index (κ3) is 2.14. The largest absolute Gasteiger partial charge is 0.490 e. The lowest BCUT2D eigenvalue weighted by Crippen LogP contribution is -1.98. The number of hydrogen-bond acceptors (Lipinski definition) is 2. The van der Waals surface area contributed by atoms with Crippen LogP contribution in [0, 0.1) is 11.6 Å². The van der Waals surface area contributed by atoms with Crippen molar-refractivity contribution in [3.63, 3.8) is 0 Å². The standard InChI is InChI=1S/C16H14F2OS/c1-2-3-9-19-13-8-7-11-10-5-4-6-12(17)15(10)20-16(11)14(13)18/h4-8H,2-3,9H2,1H3.